The number of halogens is 1. The number of fused-ring (bicyclic) bond motifs is 1. The average molecular weight is 453 g/mol. The molecule has 140 valence electrons. The number of hydrogen-bond acceptors (Lipinski definition) is 4. The first-order valence-electron chi connectivity index (χ1n) is 8.77. The minimum absolute atomic E-state index is 0.0452. The number of para-hydroxylation sites is 1. The zero-order chi connectivity index (χ0) is 19.3. The van der Waals surface area contributed by atoms with Crippen molar-refractivity contribution < 1.29 is 9.53 Å². The van der Waals surface area contributed by atoms with Crippen molar-refractivity contribution in [1.82, 2.24) is 4.98 Å². The molecule has 0 fully saturated rings. The summed E-state index contributed by atoms with van der Waals surface area (Å²) in [6.45, 7) is 0.398. The molecule has 1 heterocycles. The Morgan fingerprint density at radius 3 is 2.46 bits per heavy atom. The Morgan fingerprint density at radius 1 is 1.00 bits per heavy atom. The molecule has 0 unspecified atom stereocenters. The van der Waals surface area contributed by atoms with Crippen LogP contribution in [0.1, 0.15) is 5.56 Å². The van der Waals surface area contributed by atoms with Crippen LogP contribution in [0.4, 0.5) is 5.13 Å². The second-order valence-corrected chi connectivity index (χ2v) is 8.10. The van der Waals surface area contributed by atoms with Crippen LogP contribution in [-0.4, -0.2) is 17.5 Å². The number of thiazole rings is 1. The molecule has 0 atom stereocenters. The Morgan fingerprint density at radius 2 is 1.71 bits per heavy atom. The van der Waals surface area contributed by atoms with Gasteiger partial charge in [-0.25, -0.2) is 4.98 Å². The molecule has 3 aromatic carbocycles. The van der Waals surface area contributed by atoms with Crippen LogP contribution in [0.2, 0.25) is 0 Å². The van der Waals surface area contributed by atoms with E-state index in [-0.39, 0.29) is 12.5 Å². The SMILES string of the molecule is O=C(COc1ccccc1)N(Cc1ccccc1)c1nc2ccc(Br)cc2s1. The van der Waals surface area contributed by atoms with Crippen LogP contribution in [0, 0.1) is 0 Å². The van der Waals surface area contributed by atoms with Gasteiger partial charge in [-0.3, -0.25) is 9.69 Å². The van der Waals surface area contributed by atoms with Gasteiger partial charge in [0.25, 0.3) is 5.91 Å². The summed E-state index contributed by atoms with van der Waals surface area (Å²) in [4.78, 5) is 19.4. The lowest BCUT2D eigenvalue weighted by atomic mass is 10.2. The molecule has 0 saturated carbocycles. The van der Waals surface area contributed by atoms with E-state index < -0.39 is 0 Å². The lowest BCUT2D eigenvalue weighted by molar-refractivity contribution is -0.120. The Labute approximate surface area is 175 Å². The molecule has 6 heteroatoms. The van der Waals surface area contributed by atoms with Crippen molar-refractivity contribution in [2.45, 2.75) is 6.54 Å². The van der Waals surface area contributed by atoms with Crippen LogP contribution in [-0.2, 0) is 11.3 Å². The van der Waals surface area contributed by atoms with Gasteiger partial charge < -0.3 is 4.74 Å². The maximum Gasteiger partial charge on any atom is 0.267 e. The maximum atomic E-state index is 13.0. The van der Waals surface area contributed by atoms with Crippen molar-refractivity contribution in [2.75, 3.05) is 11.5 Å². The fourth-order valence-electron chi connectivity index (χ4n) is 2.77. The molecule has 0 radical (unpaired) electrons. The lowest BCUT2D eigenvalue weighted by Gasteiger charge is -2.20. The fraction of sp³-hybridized carbons (Fsp3) is 0.0909. The van der Waals surface area contributed by atoms with Crippen molar-refractivity contribution >= 4 is 48.5 Å². The first kappa shape index (κ1) is 18.7. The van der Waals surface area contributed by atoms with Crippen molar-refractivity contribution in [1.29, 1.82) is 0 Å². The second-order valence-electron chi connectivity index (χ2n) is 6.18. The number of anilines is 1. The molecule has 4 rings (SSSR count). The Balaban J connectivity index is 1.61. The number of hydrogen-bond donors (Lipinski definition) is 0. The van der Waals surface area contributed by atoms with Gasteiger partial charge in [-0.1, -0.05) is 75.8 Å². The Hall–Kier alpha value is -2.70. The summed E-state index contributed by atoms with van der Waals surface area (Å²) >= 11 is 4.99. The summed E-state index contributed by atoms with van der Waals surface area (Å²) in [5, 5.41) is 0.665. The second kappa shape index (κ2) is 8.54. The van der Waals surface area contributed by atoms with E-state index >= 15 is 0 Å². The summed E-state index contributed by atoms with van der Waals surface area (Å²) in [5.41, 5.74) is 1.91. The zero-order valence-electron chi connectivity index (χ0n) is 14.9. The number of carbonyl (C=O) groups excluding carboxylic acids is 1. The summed E-state index contributed by atoms with van der Waals surface area (Å²) in [6.07, 6.45) is 0. The molecule has 0 N–H and O–H groups in total. The van der Waals surface area contributed by atoms with Gasteiger partial charge in [0.2, 0.25) is 0 Å². The maximum absolute atomic E-state index is 13.0. The fourth-order valence-corrected chi connectivity index (χ4v) is 4.30. The monoisotopic (exact) mass is 452 g/mol. The van der Waals surface area contributed by atoms with E-state index in [4.69, 9.17) is 4.74 Å². The highest BCUT2D eigenvalue weighted by Crippen LogP contribution is 2.31. The topological polar surface area (TPSA) is 42.4 Å². The van der Waals surface area contributed by atoms with Gasteiger partial charge >= 0.3 is 0 Å². The molecule has 1 amide bonds. The first-order valence-corrected chi connectivity index (χ1v) is 10.4. The van der Waals surface area contributed by atoms with E-state index in [2.05, 4.69) is 20.9 Å². The van der Waals surface area contributed by atoms with Crippen LogP contribution in [0.3, 0.4) is 0 Å². The number of amides is 1. The standard InChI is InChI=1S/C22H17BrN2O2S/c23-17-11-12-19-20(13-17)28-22(24-19)25(14-16-7-3-1-4-8-16)21(26)15-27-18-9-5-2-6-10-18/h1-13H,14-15H2. The van der Waals surface area contributed by atoms with E-state index in [1.165, 1.54) is 11.3 Å². The van der Waals surface area contributed by atoms with Crippen LogP contribution < -0.4 is 9.64 Å². The van der Waals surface area contributed by atoms with Crippen molar-refractivity contribution in [2.24, 2.45) is 0 Å². The van der Waals surface area contributed by atoms with Crippen LogP contribution in [0.5, 0.6) is 5.75 Å². The highest BCUT2D eigenvalue weighted by molar-refractivity contribution is 9.10. The average Bonchev–Trinajstić information content (AvgIpc) is 3.14. The molecule has 4 nitrogen and oxygen atoms in total. The Bertz CT molecular complexity index is 1080. The van der Waals surface area contributed by atoms with Crippen molar-refractivity contribution in [3.05, 3.63) is 88.9 Å². The predicted molar refractivity (Wildman–Crippen MR) is 117 cm³/mol. The van der Waals surface area contributed by atoms with Gasteiger partial charge in [0.15, 0.2) is 11.7 Å². The highest BCUT2D eigenvalue weighted by atomic mass is 79.9. The van der Waals surface area contributed by atoms with Crippen LogP contribution >= 0.6 is 27.3 Å². The summed E-state index contributed by atoms with van der Waals surface area (Å²) in [7, 11) is 0. The highest BCUT2D eigenvalue weighted by Gasteiger charge is 2.21. The van der Waals surface area contributed by atoms with E-state index in [1.807, 2.05) is 78.9 Å². The minimum Gasteiger partial charge on any atom is -0.484 e. The van der Waals surface area contributed by atoms with E-state index in [0.717, 1.165) is 20.3 Å². The number of benzene rings is 3. The van der Waals surface area contributed by atoms with Gasteiger partial charge in [0.05, 0.1) is 16.8 Å². The number of ether oxygens (including phenoxy) is 1. The quantitative estimate of drug-likeness (QED) is 0.378. The number of aromatic nitrogens is 1. The third-order valence-electron chi connectivity index (χ3n) is 4.16. The van der Waals surface area contributed by atoms with Crippen molar-refractivity contribution in [3.8, 4) is 5.75 Å². The predicted octanol–water partition coefficient (Wildman–Crippen LogP) is 5.67. The zero-order valence-corrected chi connectivity index (χ0v) is 17.3. The van der Waals surface area contributed by atoms with E-state index in [9.17, 15) is 4.79 Å². The number of rotatable bonds is 6. The third kappa shape index (κ3) is 4.40. The molecule has 1 aromatic heterocycles. The normalized spacial score (nSPS) is 10.8. The lowest BCUT2D eigenvalue weighted by Crippen LogP contribution is -2.34. The first-order chi connectivity index (χ1) is 13.7. The molecule has 0 bridgehead atoms. The van der Waals surface area contributed by atoms with Crippen LogP contribution in [0.25, 0.3) is 10.2 Å². The summed E-state index contributed by atoms with van der Waals surface area (Å²) in [5.74, 6) is 0.537. The van der Waals surface area contributed by atoms with E-state index in [0.29, 0.717) is 17.4 Å². The molecule has 0 aliphatic heterocycles. The van der Waals surface area contributed by atoms with Gasteiger partial charge in [-0.05, 0) is 35.9 Å². The molecular weight excluding hydrogens is 436 g/mol. The smallest absolute Gasteiger partial charge is 0.267 e. The molecule has 4 aromatic rings. The van der Waals surface area contributed by atoms with Gasteiger partial charge in [-0.2, -0.15) is 0 Å². The van der Waals surface area contributed by atoms with Gasteiger partial charge in [0, 0.05) is 4.47 Å². The number of nitrogens with zero attached hydrogens (tertiary/aromatic N) is 2. The number of carbonyl (C=O) groups is 1. The summed E-state index contributed by atoms with van der Waals surface area (Å²) in [6, 6.07) is 25.2. The molecule has 0 aliphatic carbocycles. The molecule has 0 saturated heterocycles. The Kier molecular flexibility index (Phi) is 5.69. The van der Waals surface area contributed by atoms with Crippen molar-refractivity contribution in [3.63, 3.8) is 0 Å². The van der Waals surface area contributed by atoms with Gasteiger partial charge in [-0.15, -0.1) is 0 Å². The van der Waals surface area contributed by atoms with Gasteiger partial charge in [0.1, 0.15) is 5.75 Å². The molecular formula is C22H17BrN2O2S. The molecule has 28 heavy (non-hydrogen) atoms. The van der Waals surface area contributed by atoms with E-state index in [1.54, 1.807) is 4.90 Å². The minimum atomic E-state index is -0.133. The third-order valence-corrected chi connectivity index (χ3v) is 5.69. The molecule has 0 aliphatic rings. The van der Waals surface area contributed by atoms with Crippen LogP contribution in [0.15, 0.2) is 83.3 Å². The molecule has 0 spiro atoms. The summed E-state index contributed by atoms with van der Waals surface area (Å²) < 4.78 is 7.70. The largest absolute Gasteiger partial charge is 0.484 e.